The zero-order valence-corrected chi connectivity index (χ0v) is 8.66. The molecule has 3 rings (SSSR count). The molecule has 3 fully saturated rings. The summed E-state index contributed by atoms with van der Waals surface area (Å²) in [7, 11) is -3.10. The van der Waals surface area contributed by atoms with Gasteiger partial charge in [0.1, 0.15) is 5.78 Å². The predicted molar refractivity (Wildman–Crippen MR) is 50.2 cm³/mol. The minimum absolute atomic E-state index is 0.00926. The second-order valence-corrected chi connectivity index (χ2v) is 6.46. The number of Topliss-reactive ketones (excluding diaryl/α,β-unsaturated/α-hetero) is 1. The zero-order chi connectivity index (χ0) is 9.92. The van der Waals surface area contributed by atoms with Gasteiger partial charge in [-0.15, -0.1) is 0 Å². The SMILES string of the molecule is O=C1C[C@@H]2CCC[C@@H]3[C@H]1CS(=O)(=O)N23. The van der Waals surface area contributed by atoms with Crippen molar-refractivity contribution in [2.45, 2.75) is 37.8 Å². The molecule has 0 N–H and O–H groups in total. The van der Waals surface area contributed by atoms with Gasteiger partial charge in [0.2, 0.25) is 10.0 Å². The van der Waals surface area contributed by atoms with E-state index < -0.39 is 10.0 Å². The maximum absolute atomic E-state index is 11.8. The molecule has 3 saturated heterocycles. The highest BCUT2D eigenvalue weighted by molar-refractivity contribution is 7.89. The number of nitrogens with zero attached hydrogens (tertiary/aromatic N) is 1. The van der Waals surface area contributed by atoms with Gasteiger partial charge in [0.25, 0.3) is 0 Å². The van der Waals surface area contributed by atoms with Crippen LogP contribution < -0.4 is 0 Å². The van der Waals surface area contributed by atoms with Crippen LogP contribution in [0.2, 0.25) is 0 Å². The van der Waals surface area contributed by atoms with Crippen molar-refractivity contribution in [1.82, 2.24) is 4.31 Å². The van der Waals surface area contributed by atoms with Crippen LogP contribution in [-0.2, 0) is 14.8 Å². The van der Waals surface area contributed by atoms with Crippen LogP contribution in [0.1, 0.15) is 25.7 Å². The molecule has 0 saturated carbocycles. The van der Waals surface area contributed by atoms with Crippen LogP contribution in [0.5, 0.6) is 0 Å². The molecule has 0 spiro atoms. The normalized spacial score (nSPS) is 49.3. The molecular weight excluding hydrogens is 202 g/mol. The van der Waals surface area contributed by atoms with Crippen molar-refractivity contribution < 1.29 is 13.2 Å². The van der Waals surface area contributed by atoms with Crippen molar-refractivity contribution in [3.63, 3.8) is 0 Å². The third-order valence-corrected chi connectivity index (χ3v) is 5.74. The molecule has 4 bridgehead atoms. The lowest BCUT2D eigenvalue weighted by Gasteiger charge is -2.40. The fourth-order valence-corrected chi connectivity index (χ4v) is 5.54. The van der Waals surface area contributed by atoms with Gasteiger partial charge in [-0.05, 0) is 12.8 Å². The summed E-state index contributed by atoms with van der Waals surface area (Å²) in [6.45, 7) is 0. The summed E-state index contributed by atoms with van der Waals surface area (Å²) in [5, 5.41) is 0. The Hall–Kier alpha value is -0.420. The number of sulfonamides is 1. The monoisotopic (exact) mass is 215 g/mol. The van der Waals surface area contributed by atoms with Gasteiger partial charge < -0.3 is 0 Å². The molecule has 0 radical (unpaired) electrons. The number of hydrogen-bond donors (Lipinski definition) is 0. The number of carbonyl (C=O) groups excluding carboxylic acids is 1. The molecule has 0 aromatic carbocycles. The smallest absolute Gasteiger partial charge is 0.215 e. The second kappa shape index (κ2) is 2.58. The van der Waals surface area contributed by atoms with Crippen LogP contribution in [0.3, 0.4) is 0 Å². The van der Waals surface area contributed by atoms with Crippen molar-refractivity contribution in [3.8, 4) is 0 Å². The van der Waals surface area contributed by atoms with Crippen LogP contribution >= 0.6 is 0 Å². The molecule has 3 heterocycles. The van der Waals surface area contributed by atoms with Gasteiger partial charge >= 0.3 is 0 Å². The third kappa shape index (κ3) is 0.969. The van der Waals surface area contributed by atoms with E-state index in [2.05, 4.69) is 0 Å². The van der Waals surface area contributed by atoms with E-state index in [0.717, 1.165) is 19.3 Å². The molecule has 3 aliphatic heterocycles. The van der Waals surface area contributed by atoms with E-state index in [1.165, 1.54) is 0 Å². The predicted octanol–water partition coefficient (Wildman–Crippen LogP) is 0.142. The Labute approximate surface area is 83.3 Å². The fraction of sp³-hybridized carbons (Fsp3) is 0.889. The molecule has 78 valence electrons. The first-order chi connectivity index (χ1) is 6.59. The van der Waals surface area contributed by atoms with Gasteiger partial charge in [0.05, 0.1) is 5.75 Å². The van der Waals surface area contributed by atoms with E-state index in [4.69, 9.17) is 0 Å². The Bertz CT molecular complexity index is 389. The van der Waals surface area contributed by atoms with Crippen molar-refractivity contribution in [2.75, 3.05) is 5.75 Å². The molecule has 0 aliphatic carbocycles. The number of hydrogen-bond acceptors (Lipinski definition) is 3. The van der Waals surface area contributed by atoms with Crippen LogP contribution in [-0.4, -0.2) is 36.3 Å². The van der Waals surface area contributed by atoms with Gasteiger partial charge in [-0.3, -0.25) is 4.79 Å². The number of carbonyl (C=O) groups is 1. The molecule has 0 amide bonds. The standard InChI is InChI=1S/C9H13NO3S/c11-9-4-6-2-1-3-8-7(9)5-14(12,13)10(6)8/h6-8H,1-5H2/t6-,7+,8+/m0/s1. The highest BCUT2D eigenvalue weighted by Gasteiger charge is 2.56. The van der Waals surface area contributed by atoms with Crippen LogP contribution in [0.15, 0.2) is 0 Å². The lowest BCUT2D eigenvalue weighted by molar-refractivity contribution is -0.128. The fourth-order valence-electron chi connectivity index (χ4n) is 3.21. The number of piperidine rings is 2. The largest absolute Gasteiger partial charge is 0.299 e. The minimum atomic E-state index is -3.10. The van der Waals surface area contributed by atoms with Crippen LogP contribution in [0, 0.1) is 5.92 Å². The highest BCUT2D eigenvalue weighted by atomic mass is 32.2. The minimum Gasteiger partial charge on any atom is -0.299 e. The summed E-state index contributed by atoms with van der Waals surface area (Å²) in [6, 6.07) is 0.00463. The second-order valence-electron chi connectivity index (χ2n) is 4.54. The average molecular weight is 215 g/mol. The topological polar surface area (TPSA) is 54.5 Å². The van der Waals surface area contributed by atoms with Crippen molar-refractivity contribution in [2.24, 2.45) is 5.92 Å². The number of rotatable bonds is 0. The van der Waals surface area contributed by atoms with Crippen LogP contribution in [0.4, 0.5) is 0 Å². The highest BCUT2D eigenvalue weighted by Crippen LogP contribution is 2.43. The Morgan fingerprint density at radius 1 is 1.29 bits per heavy atom. The summed E-state index contributed by atoms with van der Waals surface area (Å²) in [5.74, 6) is 0.0427. The lowest BCUT2D eigenvalue weighted by Crippen LogP contribution is -2.52. The molecule has 3 aliphatic rings. The molecule has 0 aromatic rings. The van der Waals surface area contributed by atoms with E-state index in [0.29, 0.717) is 6.42 Å². The van der Waals surface area contributed by atoms with Crippen LogP contribution in [0.25, 0.3) is 0 Å². The third-order valence-electron chi connectivity index (χ3n) is 3.75. The Morgan fingerprint density at radius 2 is 2.07 bits per heavy atom. The summed E-state index contributed by atoms with van der Waals surface area (Å²) < 4.78 is 25.2. The van der Waals surface area contributed by atoms with Gasteiger partial charge in [-0.2, -0.15) is 4.31 Å². The molecule has 14 heavy (non-hydrogen) atoms. The van der Waals surface area contributed by atoms with Crippen molar-refractivity contribution in [3.05, 3.63) is 0 Å². The van der Waals surface area contributed by atoms with Gasteiger partial charge in [-0.1, -0.05) is 6.42 Å². The van der Waals surface area contributed by atoms with Crippen molar-refractivity contribution >= 4 is 15.8 Å². The quantitative estimate of drug-likeness (QED) is 0.577. The summed E-state index contributed by atoms with van der Waals surface area (Å²) in [6.07, 6.45) is 3.28. The number of ketones is 1. The van der Waals surface area contributed by atoms with E-state index >= 15 is 0 Å². The lowest BCUT2D eigenvalue weighted by atomic mass is 9.80. The van der Waals surface area contributed by atoms with E-state index in [9.17, 15) is 13.2 Å². The summed E-state index contributed by atoms with van der Waals surface area (Å²) in [4.78, 5) is 11.7. The summed E-state index contributed by atoms with van der Waals surface area (Å²) in [5.41, 5.74) is 0. The van der Waals surface area contributed by atoms with E-state index in [-0.39, 0.29) is 29.5 Å². The molecule has 0 aromatic heterocycles. The summed E-state index contributed by atoms with van der Waals surface area (Å²) >= 11 is 0. The molecule has 1 unspecified atom stereocenters. The van der Waals surface area contributed by atoms with Gasteiger partial charge in [0, 0.05) is 24.4 Å². The average Bonchev–Trinajstić information content (AvgIpc) is 2.33. The zero-order valence-electron chi connectivity index (χ0n) is 7.85. The Balaban J connectivity index is 2.11. The maximum atomic E-state index is 11.8. The molecule has 4 nitrogen and oxygen atoms in total. The van der Waals surface area contributed by atoms with E-state index in [1.807, 2.05) is 0 Å². The first-order valence-corrected chi connectivity index (χ1v) is 6.74. The van der Waals surface area contributed by atoms with Crippen molar-refractivity contribution in [1.29, 1.82) is 0 Å². The van der Waals surface area contributed by atoms with E-state index in [1.54, 1.807) is 4.31 Å². The first kappa shape index (κ1) is 8.85. The molecule has 4 atom stereocenters. The Kier molecular flexibility index (Phi) is 1.63. The molecule has 5 heteroatoms. The maximum Gasteiger partial charge on any atom is 0.215 e. The molecular formula is C9H13NO3S. The first-order valence-electron chi connectivity index (χ1n) is 5.13. The van der Waals surface area contributed by atoms with Gasteiger partial charge in [-0.25, -0.2) is 8.42 Å². The Morgan fingerprint density at radius 3 is 2.86 bits per heavy atom. The van der Waals surface area contributed by atoms with Gasteiger partial charge in [0.15, 0.2) is 0 Å².